The van der Waals surface area contributed by atoms with Crippen LogP contribution in [0.3, 0.4) is 0 Å². The topological polar surface area (TPSA) is 54.2 Å². The minimum absolute atomic E-state index is 0.402. The minimum atomic E-state index is 0.402. The highest BCUT2D eigenvalue weighted by Gasteiger charge is 2.02. The van der Waals surface area contributed by atoms with Crippen LogP contribution >= 0.6 is 0 Å². The Bertz CT molecular complexity index is 646. The van der Waals surface area contributed by atoms with Gasteiger partial charge in [0, 0.05) is 5.56 Å². The lowest BCUT2D eigenvalue weighted by molar-refractivity contribution is 0.320. The maximum Gasteiger partial charge on any atom is 0.128 e. The second-order valence-electron chi connectivity index (χ2n) is 4.54. The van der Waals surface area contributed by atoms with Crippen molar-refractivity contribution in [3.63, 3.8) is 0 Å². The van der Waals surface area contributed by atoms with Crippen LogP contribution in [0, 0.1) is 6.92 Å². The monoisotopic (exact) mass is 282 g/mol. The smallest absolute Gasteiger partial charge is 0.128 e. The molecular formula is C17H18N2O2. The van der Waals surface area contributed by atoms with Crippen LogP contribution in [0.2, 0.25) is 0 Å². The minimum Gasteiger partial charge on any atom is -0.494 e. The number of ether oxygens (including phenoxy) is 1. The number of oxime groups is 1. The van der Waals surface area contributed by atoms with Gasteiger partial charge in [-0.1, -0.05) is 17.3 Å². The summed E-state index contributed by atoms with van der Waals surface area (Å²) in [6.45, 7) is 4.56. The number of rotatable bonds is 5. The fourth-order valence-corrected chi connectivity index (χ4v) is 1.89. The fourth-order valence-electron chi connectivity index (χ4n) is 1.89. The number of aliphatic imine (C=N–C) groups is 1. The standard InChI is InChI=1S/C17H18N2O2/c1-3-21-16-9-7-14(8-10-16)17(19-20)12-18-15-6-4-5-13(2)11-15/h4-12,20H,3H2,1-2H3. The Morgan fingerprint density at radius 3 is 2.57 bits per heavy atom. The van der Waals surface area contributed by atoms with Crippen molar-refractivity contribution in [2.45, 2.75) is 13.8 Å². The van der Waals surface area contributed by atoms with E-state index in [2.05, 4.69) is 10.1 Å². The van der Waals surface area contributed by atoms with Gasteiger partial charge in [0.1, 0.15) is 11.5 Å². The average Bonchev–Trinajstić information content (AvgIpc) is 2.50. The zero-order valence-corrected chi connectivity index (χ0v) is 12.2. The van der Waals surface area contributed by atoms with Gasteiger partial charge < -0.3 is 9.94 Å². The molecule has 0 saturated heterocycles. The summed E-state index contributed by atoms with van der Waals surface area (Å²) >= 11 is 0. The molecule has 0 fully saturated rings. The molecule has 0 aliphatic rings. The Morgan fingerprint density at radius 2 is 1.95 bits per heavy atom. The molecule has 0 bridgehead atoms. The lowest BCUT2D eigenvalue weighted by atomic mass is 10.1. The highest BCUT2D eigenvalue weighted by atomic mass is 16.5. The highest BCUT2D eigenvalue weighted by Crippen LogP contribution is 2.15. The Balaban J connectivity index is 2.16. The van der Waals surface area contributed by atoms with E-state index in [0.29, 0.717) is 12.3 Å². The van der Waals surface area contributed by atoms with E-state index < -0.39 is 0 Å². The maximum atomic E-state index is 9.15. The van der Waals surface area contributed by atoms with Gasteiger partial charge in [-0.25, -0.2) is 0 Å². The van der Waals surface area contributed by atoms with E-state index in [1.807, 2.05) is 62.4 Å². The molecule has 4 nitrogen and oxygen atoms in total. The van der Waals surface area contributed by atoms with E-state index in [0.717, 1.165) is 22.6 Å². The van der Waals surface area contributed by atoms with Crippen molar-refractivity contribution in [1.29, 1.82) is 0 Å². The van der Waals surface area contributed by atoms with E-state index in [-0.39, 0.29) is 0 Å². The van der Waals surface area contributed by atoms with Gasteiger partial charge in [-0.15, -0.1) is 0 Å². The average molecular weight is 282 g/mol. The molecule has 0 aromatic heterocycles. The first-order chi connectivity index (χ1) is 10.2. The zero-order chi connectivity index (χ0) is 15.1. The summed E-state index contributed by atoms with van der Waals surface area (Å²) < 4.78 is 5.38. The normalized spacial score (nSPS) is 11.8. The molecule has 21 heavy (non-hydrogen) atoms. The summed E-state index contributed by atoms with van der Waals surface area (Å²) in [5.74, 6) is 0.786. The first kappa shape index (κ1) is 14.8. The third-order valence-electron chi connectivity index (χ3n) is 2.91. The molecule has 0 atom stereocenters. The van der Waals surface area contributed by atoms with Crippen molar-refractivity contribution in [1.82, 2.24) is 0 Å². The van der Waals surface area contributed by atoms with E-state index >= 15 is 0 Å². The molecule has 0 radical (unpaired) electrons. The lowest BCUT2D eigenvalue weighted by Crippen LogP contribution is -2.02. The summed E-state index contributed by atoms with van der Waals surface area (Å²) in [5.41, 5.74) is 3.13. The molecule has 0 aliphatic carbocycles. The second kappa shape index (κ2) is 7.24. The van der Waals surface area contributed by atoms with Crippen LogP contribution in [-0.4, -0.2) is 23.7 Å². The van der Waals surface area contributed by atoms with Gasteiger partial charge in [0.2, 0.25) is 0 Å². The summed E-state index contributed by atoms with van der Waals surface area (Å²) in [6.07, 6.45) is 1.55. The third kappa shape index (κ3) is 4.18. The van der Waals surface area contributed by atoms with Crippen molar-refractivity contribution in [2.24, 2.45) is 10.1 Å². The molecule has 2 aromatic rings. The SMILES string of the molecule is CCOc1ccc(C(C=Nc2cccc(C)c2)=NO)cc1. The van der Waals surface area contributed by atoms with Gasteiger partial charge in [0.15, 0.2) is 0 Å². The van der Waals surface area contributed by atoms with Gasteiger partial charge in [0.25, 0.3) is 0 Å². The van der Waals surface area contributed by atoms with Crippen molar-refractivity contribution in [3.8, 4) is 5.75 Å². The van der Waals surface area contributed by atoms with Gasteiger partial charge in [-0.05, 0) is 55.8 Å². The summed E-state index contributed by atoms with van der Waals surface area (Å²) in [6, 6.07) is 15.2. The lowest BCUT2D eigenvalue weighted by Gasteiger charge is -2.04. The van der Waals surface area contributed by atoms with Gasteiger partial charge in [-0.2, -0.15) is 0 Å². The molecule has 2 rings (SSSR count). The Hall–Kier alpha value is -2.62. The van der Waals surface area contributed by atoms with Crippen molar-refractivity contribution >= 4 is 17.6 Å². The molecule has 0 saturated carbocycles. The Kier molecular flexibility index (Phi) is 5.10. The molecule has 4 heteroatoms. The Labute approximate surface area is 124 Å². The third-order valence-corrected chi connectivity index (χ3v) is 2.91. The van der Waals surface area contributed by atoms with Crippen molar-refractivity contribution in [2.75, 3.05) is 6.61 Å². The van der Waals surface area contributed by atoms with Crippen LogP contribution in [0.5, 0.6) is 5.75 Å². The maximum absolute atomic E-state index is 9.15. The molecule has 108 valence electrons. The predicted molar refractivity (Wildman–Crippen MR) is 85.3 cm³/mol. The molecule has 2 aromatic carbocycles. The molecule has 1 N–H and O–H groups in total. The summed E-state index contributed by atoms with van der Waals surface area (Å²) in [4.78, 5) is 4.33. The predicted octanol–water partition coefficient (Wildman–Crippen LogP) is 3.97. The quantitative estimate of drug-likeness (QED) is 0.512. The molecule has 0 unspecified atom stereocenters. The van der Waals surface area contributed by atoms with Gasteiger partial charge in [0.05, 0.1) is 18.5 Å². The van der Waals surface area contributed by atoms with E-state index in [9.17, 15) is 0 Å². The number of aryl methyl sites for hydroxylation is 1. The summed E-state index contributed by atoms with van der Waals surface area (Å²) in [7, 11) is 0. The molecule has 0 amide bonds. The van der Waals surface area contributed by atoms with E-state index in [1.54, 1.807) is 6.21 Å². The number of hydrogen-bond donors (Lipinski definition) is 1. The first-order valence-corrected chi connectivity index (χ1v) is 6.79. The van der Waals surface area contributed by atoms with Crippen LogP contribution < -0.4 is 4.74 Å². The van der Waals surface area contributed by atoms with Crippen LogP contribution in [0.15, 0.2) is 58.7 Å². The second-order valence-corrected chi connectivity index (χ2v) is 4.54. The van der Waals surface area contributed by atoms with Crippen LogP contribution in [0.4, 0.5) is 5.69 Å². The Morgan fingerprint density at radius 1 is 1.19 bits per heavy atom. The largest absolute Gasteiger partial charge is 0.494 e. The molecule has 0 aliphatic heterocycles. The highest BCUT2D eigenvalue weighted by molar-refractivity contribution is 6.38. The van der Waals surface area contributed by atoms with E-state index in [1.165, 1.54) is 0 Å². The number of benzene rings is 2. The van der Waals surface area contributed by atoms with Crippen molar-refractivity contribution in [3.05, 3.63) is 59.7 Å². The molecular weight excluding hydrogens is 264 g/mol. The first-order valence-electron chi connectivity index (χ1n) is 6.79. The van der Waals surface area contributed by atoms with Gasteiger partial charge >= 0.3 is 0 Å². The molecule has 0 heterocycles. The van der Waals surface area contributed by atoms with Crippen LogP contribution in [0.25, 0.3) is 0 Å². The van der Waals surface area contributed by atoms with Crippen LogP contribution in [-0.2, 0) is 0 Å². The van der Waals surface area contributed by atoms with Crippen molar-refractivity contribution < 1.29 is 9.94 Å². The fraction of sp³-hybridized carbons (Fsp3) is 0.176. The number of nitrogens with zero attached hydrogens (tertiary/aromatic N) is 2. The summed E-state index contributed by atoms with van der Waals surface area (Å²) in [5, 5.41) is 12.4. The van der Waals surface area contributed by atoms with Crippen LogP contribution in [0.1, 0.15) is 18.1 Å². The number of hydrogen-bond acceptors (Lipinski definition) is 4. The van der Waals surface area contributed by atoms with Gasteiger partial charge in [-0.3, -0.25) is 4.99 Å². The molecule has 0 spiro atoms. The zero-order valence-electron chi connectivity index (χ0n) is 12.2. The van der Waals surface area contributed by atoms with E-state index in [4.69, 9.17) is 9.94 Å².